The van der Waals surface area contributed by atoms with Crippen molar-refractivity contribution in [2.45, 2.75) is 33.1 Å². The average Bonchev–Trinajstić information content (AvgIpc) is 1.64. The molecule has 1 aliphatic rings. The van der Waals surface area contributed by atoms with E-state index in [1.807, 2.05) is 0 Å². The molecule has 1 aliphatic carbocycles. The zero-order valence-corrected chi connectivity index (χ0v) is 5.78. The van der Waals surface area contributed by atoms with Gasteiger partial charge in [0.25, 0.3) is 0 Å². The standard InChI is InChI=1S/C8H14/c1-3-5-8(2)6-4-7-8/h3,5H,4,6-7H2,1-2H3. The zero-order valence-electron chi connectivity index (χ0n) is 5.78. The zero-order chi connectivity index (χ0) is 6.04. The lowest BCUT2D eigenvalue weighted by Gasteiger charge is -2.35. The van der Waals surface area contributed by atoms with Crippen LogP contribution in [0.5, 0.6) is 0 Å². The van der Waals surface area contributed by atoms with Crippen molar-refractivity contribution in [2.24, 2.45) is 5.41 Å². The van der Waals surface area contributed by atoms with Crippen LogP contribution >= 0.6 is 0 Å². The molecule has 0 saturated heterocycles. The summed E-state index contributed by atoms with van der Waals surface area (Å²) in [6.45, 7) is 4.43. The van der Waals surface area contributed by atoms with Gasteiger partial charge < -0.3 is 0 Å². The molecule has 0 amide bonds. The Morgan fingerprint density at radius 3 is 2.12 bits per heavy atom. The quantitative estimate of drug-likeness (QED) is 0.455. The van der Waals surface area contributed by atoms with Crippen molar-refractivity contribution in [3.05, 3.63) is 12.2 Å². The van der Waals surface area contributed by atoms with Crippen LogP contribution in [0.1, 0.15) is 33.1 Å². The van der Waals surface area contributed by atoms with Crippen molar-refractivity contribution in [3.8, 4) is 0 Å². The number of allylic oxidation sites excluding steroid dienone is 2. The van der Waals surface area contributed by atoms with Gasteiger partial charge in [-0.1, -0.05) is 25.5 Å². The molecule has 46 valence electrons. The van der Waals surface area contributed by atoms with Crippen LogP contribution < -0.4 is 0 Å². The molecule has 0 aromatic carbocycles. The normalized spacial score (nSPS) is 25.8. The molecule has 0 heterocycles. The summed E-state index contributed by atoms with van der Waals surface area (Å²) in [5.74, 6) is 0. The van der Waals surface area contributed by atoms with Crippen molar-refractivity contribution in [2.75, 3.05) is 0 Å². The molecule has 0 radical (unpaired) electrons. The van der Waals surface area contributed by atoms with Crippen molar-refractivity contribution >= 4 is 0 Å². The van der Waals surface area contributed by atoms with Gasteiger partial charge in [0.2, 0.25) is 0 Å². The fourth-order valence-electron chi connectivity index (χ4n) is 1.30. The summed E-state index contributed by atoms with van der Waals surface area (Å²) in [7, 11) is 0. The van der Waals surface area contributed by atoms with E-state index in [-0.39, 0.29) is 0 Å². The molecular formula is C8H14. The first kappa shape index (κ1) is 5.87. The minimum atomic E-state index is 0.592. The third-order valence-electron chi connectivity index (χ3n) is 2.06. The molecule has 1 fully saturated rings. The molecule has 0 aromatic heterocycles. The maximum atomic E-state index is 2.33. The molecule has 0 aliphatic heterocycles. The first-order chi connectivity index (χ1) is 3.77. The van der Waals surface area contributed by atoms with E-state index in [0.717, 1.165) is 0 Å². The molecule has 1 rings (SSSR count). The fourth-order valence-corrected chi connectivity index (χ4v) is 1.30. The van der Waals surface area contributed by atoms with Crippen molar-refractivity contribution in [1.29, 1.82) is 0 Å². The van der Waals surface area contributed by atoms with Gasteiger partial charge in [-0.25, -0.2) is 0 Å². The van der Waals surface area contributed by atoms with E-state index in [9.17, 15) is 0 Å². The van der Waals surface area contributed by atoms with E-state index in [1.54, 1.807) is 0 Å². The minimum Gasteiger partial charge on any atom is -0.0911 e. The number of rotatable bonds is 1. The number of hydrogen-bond acceptors (Lipinski definition) is 0. The molecule has 0 aromatic rings. The Morgan fingerprint density at radius 1 is 1.38 bits per heavy atom. The van der Waals surface area contributed by atoms with Crippen molar-refractivity contribution in [3.63, 3.8) is 0 Å². The lowest BCUT2D eigenvalue weighted by atomic mass is 9.70. The predicted octanol–water partition coefficient (Wildman–Crippen LogP) is 2.75. The van der Waals surface area contributed by atoms with Crippen molar-refractivity contribution < 1.29 is 0 Å². The molecule has 0 bridgehead atoms. The second-order valence-corrected chi connectivity index (χ2v) is 3.01. The van der Waals surface area contributed by atoms with E-state index in [1.165, 1.54) is 19.3 Å². The predicted molar refractivity (Wildman–Crippen MR) is 36.8 cm³/mol. The third kappa shape index (κ3) is 0.936. The smallest absolute Gasteiger partial charge is 0.0147 e. The lowest BCUT2D eigenvalue weighted by molar-refractivity contribution is 0.233. The van der Waals surface area contributed by atoms with Crippen molar-refractivity contribution in [1.82, 2.24) is 0 Å². The van der Waals surface area contributed by atoms with Crippen LogP contribution in [-0.2, 0) is 0 Å². The van der Waals surface area contributed by atoms with Gasteiger partial charge in [0.15, 0.2) is 0 Å². The largest absolute Gasteiger partial charge is 0.0911 e. The van der Waals surface area contributed by atoms with E-state index in [2.05, 4.69) is 26.0 Å². The van der Waals surface area contributed by atoms with Gasteiger partial charge in [0.1, 0.15) is 0 Å². The molecular weight excluding hydrogens is 96.1 g/mol. The van der Waals surface area contributed by atoms with Gasteiger partial charge in [0, 0.05) is 0 Å². The molecule has 0 spiro atoms. The molecule has 0 unspecified atom stereocenters. The summed E-state index contributed by atoms with van der Waals surface area (Å²) in [5, 5.41) is 0. The Labute approximate surface area is 51.6 Å². The summed E-state index contributed by atoms with van der Waals surface area (Å²) in [5.41, 5.74) is 0.592. The Kier molecular flexibility index (Phi) is 1.41. The second kappa shape index (κ2) is 1.93. The monoisotopic (exact) mass is 110 g/mol. The highest BCUT2D eigenvalue weighted by Gasteiger charge is 2.27. The van der Waals surface area contributed by atoms with E-state index >= 15 is 0 Å². The molecule has 0 atom stereocenters. The maximum absolute atomic E-state index is 2.33. The van der Waals surface area contributed by atoms with E-state index in [4.69, 9.17) is 0 Å². The minimum absolute atomic E-state index is 0.592. The summed E-state index contributed by atoms with van der Waals surface area (Å²) in [4.78, 5) is 0. The number of hydrogen-bond donors (Lipinski definition) is 0. The van der Waals surface area contributed by atoms with Crippen LogP contribution in [0.4, 0.5) is 0 Å². The summed E-state index contributed by atoms with van der Waals surface area (Å²) < 4.78 is 0. The van der Waals surface area contributed by atoms with Gasteiger partial charge in [0.05, 0.1) is 0 Å². The van der Waals surface area contributed by atoms with Gasteiger partial charge in [-0.05, 0) is 25.2 Å². The van der Waals surface area contributed by atoms with Gasteiger partial charge in [-0.2, -0.15) is 0 Å². The molecule has 8 heavy (non-hydrogen) atoms. The summed E-state index contributed by atoms with van der Waals surface area (Å²) in [6, 6.07) is 0. The van der Waals surface area contributed by atoms with Crippen LogP contribution in [0, 0.1) is 5.41 Å². The second-order valence-electron chi connectivity index (χ2n) is 3.01. The van der Waals surface area contributed by atoms with Crippen LogP contribution in [0.15, 0.2) is 12.2 Å². The summed E-state index contributed by atoms with van der Waals surface area (Å²) in [6.07, 6.45) is 8.73. The highest BCUT2D eigenvalue weighted by Crippen LogP contribution is 2.41. The first-order valence-electron chi connectivity index (χ1n) is 3.41. The highest BCUT2D eigenvalue weighted by atomic mass is 14.3. The van der Waals surface area contributed by atoms with Crippen LogP contribution in [0.2, 0.25) is 0 Å². The summed E-state index contributed by atoms with van der Waals surface area (Å²) >= 11 is 0. The van der Waals surface area contributed by atoms with E-state index < -0.39 is 0 Å². The average molecular weight is 110 g/mol. The first-order valence-corrected chi connectivity index (χ1v) is 3.41. The topological polar surface area (TPSA) is 0 Å². The Bertz CT molecular complexity index is 96.6. The van der Waals surface area contributed by atoms with Crippen LogP contribution in [0.3, 0.4) is 0 Å². The SMILES string of the molecule is CC=CC1(C)CCC1. The lowest BCUT2D eigenvalue weighted by Crippen LogP contribution is -2.22. The molecule has 0 nitrogen and oxygen atoms in total. The third-order valence-corrected chi connectivity index (χ3v) is 2.06. The van der Waals surface area contributed by atoms with Gasteiger partial charge in [-0.15, -0.1) is 0 Å². The van der Waals surface area contributed by atoms with Crippen LogP contribution in [0.25, 0.3) is 0 Å². The van der Waals surface area contributed by atoms with Gasteiger partial charge in [-0.3, -0.25) is 0 Å². The van der Waals surface area contributed by atoms with E-state index in [0.29, 0.717) is 5.41 Å². The Morgan fingerprint density at radius 2 is 2.00 bits per heavy atom. The molecule has 0 N–H and O–H groups in total. The Hall–Kier alpha value is -0.260. The Balaban J connectivity index is 2.41. The van der Waals surface area contributed by atoms with Gasteiger partial charge >= 0.3 is 0 Å². The molecule has 0 heteroatoms. The maximum Gasteiger partial charge on any atom is -0.0147 e. The highest BCUT2D eigenvalue weighted by molar-refractivity contribution is 5.00. The van der Waals surface area contributed by atoms with Crippen LogP contribution in [-0.4, -0.2) is 0 Å². The fraction of sp³-hybridized carbons (Fsp3) is 0.750. The molecule has 1 saturated carbocycles.